The van der Waals surface area contributed by atoms with E-state index >= 15 is 0 Å². The van der Waals surface area contributed by atoms with Gasteiger partial charge in [0.25, 0.3) is 5.91 Å². The number of nitrogens with zero attached hydrogens (tertiary/aromatic N) is 1. The first-order chi connectivity index (χ1) is 10.7. The van der Waals surface area contributed by atoms with Crippen LogP contribution in [-0.2, 0) is 0 Å². The number of anilines is 1. The Morgan fingerprint density at radius 2 is 1.86 bits per heavy atom. The quantitative estimate of drug-likeness (QED) is 0.800. The Hall–Kier alpha value is -2.60. The van der Waals surface area contributed by atoms with Gasteiger partial charge in [-0.3, -0.25) is 4.79 Å². The van der Waals surface area contributed by atoms with E-state index in [1.54, 1.807) is 25.3 Å². The normalized spacial score (nSPS) is 10.5. The van der Waals surface area contributed by atoms with Crippen LogP contribution in [0.3, 0.4) is 0 Å². The molecule has 22 heavy (non-hydrogen) atoms. The van der Waals surface area contributed by atoms with Gasteiger partial charge in [0.15, 0.2) is 17.3 Å². The summed E-state index contributed by atoms with van der Waals surface area (Å²) in [4.78, 5) is 12.4. The van der Waals surface area contributed by atoms with Gasteiger partial charge in [0.05, 0.1) is 18.9 Å². The Labute approximate surface area is 131 Å². The molecule has 1 amide bonds. The van der Waals surface area contributed by atoms with Crippen LogP contribution in [0.4, 0.5) is 5.82 Å². The summed E-state index contributed by atoms with van der Waals surface area (Å²) in [5.74, 6) is 1.42. The van der Waals surface area contributed by atoms with Crippen molar-refractivity contribution in [2.45, 2.75) is 0 Å². The lowest BCUT2D eigenvalue weighted by atomic mass is 10.2. The van der Waals surface area contributed by atoms with Crippen molar-refractivity contribution in [1.29, 1.82) is 0 Å². The molecule has 0 radical (unpaired) electrons. The van der Waals surface area contributed by atoms with E-state index in [0.29, 0.717) is 22.9 Å². The topological polar surface area (TPSA) is 60.5 Å². The number of carbonyl (C=O) groups excluding carboxylic acids is 1. The molecule has 0 saturated carbocycles. The van der Waals surface area contributed by atoms with Gasteiger partial charge in [0, 0.05) is 10.9 Å². The van der Waals surface area contributed by atoms with Crippen LogP contribution in [-0.4, -0.2) is 24.5 Å². The summed E-state index contributed by atoms with van der Waals surface area (Å²) in [5, 5.41) is 3.77. The van der Waals surface area contributed by atoms with Gasteiger partial charge in [-0.1, -0.05) is 12.1 Å². The Bertz CT molecular complexity index is 829. The van der Waals surface area contributed by atoms with Crippen molar-refractivity contribution in [3.63, 3.8) is 0 Å². The van der Waals surface area contributed by atoms with E-state index in [0.717, 1.165) is 10.1 Å². The molecule has 3 rings (SSSR count). The molecule has 5 nitrogen and oxygen atoms in total. The minimum atomic E-state index is -0.239. The van der Waals surface area contributed by atoms with Gasteiger partial charge in [-0.05, 0) is 41.9 Å². The molecule has 1 heterocycles. The second-order valence-electron chi connectivity index (χ2n) is 4.55. The number of aromatic nitrogens is 1. The fraction of sp³-hybridized carbons (Fsp3) is 0.125. The number of ether oxygens (including phenoxy) is 2. The van der Waals surface area contributed by atoms with Crippen molar-refractivity contribution in [1.82, 2.24) is 4.37 Å². The van der Waals surface area contributed by atoms with Crippen molar-refractivity contribution >= 4 is 33.3 Å². The number of nitrogens with one attached hydrogen (secondary N) is 1. The SMILES string of the molecule is COc1ccc(C(=O)Nc2nsc3ccccc23)cc1OC. The maximum Gasteiger partial charge on any atom is 0.256 e. The molecule has 0 saturated heterocycles. The fourth-order valence-electron chi connectivity index (χ4n) is 2.13. The smallest absolute Gasteiger partial charge is 0.256 e. The van der Waals surface area contributed by atoms with Crippen LogP contribution in [0.1, 0.15) is 10.4 Å². The molecular formula is C16H14N2O3S. The first-order valence-electron chi connectivity index (χ1n) is 6.60. The largest absolute Gasteiger partial charge is 0.493 e. The molecule has 112 valence electrons. The number of hydrogen-bond acceptors (Lipinski definition) is 5. The molecular weight excluding hydrogens is 300 g/mol. The van der Waals surface area contributed by atoms with Gasteiger partial charge in [0.2, 0.25) is 0 Å². The third-order valence-electron chi connectivity index (χ3n) is 3.26. The monoisotopic (exact) mass is 314 g/mol. The maximum absolute atomic E-state index is 12.4. The van der Waals surface area contributed by atoms with Crippen molar-refractivity contribution < 1.29 is 14.3 Å². The molecule has 3 aromatic rings. The van der Waals surface area contributed by atoms with Crippen LogP contribution in [0.2, 0.25) is 0 Å². The number of hydrogen-bond donors (Lipinski definition) is 1. The minimum Gasteiger partial charge on any atom is -0.493 e. The number of benzene rings is 2. The molecule has 6 heteroatoms. The number of amides is 1. The molecule has 0 aliphatic heterocycles. The summed E-state index contributed by atoms with van der Waals surface area (Å²) >= 11 is 1.36. The Balaban J connectivity index is 1.88. The van der Waals surface area contributed by atoms with Gasteiger partial charge in [-0.25, -0.2) is 0 Å². The summed E-state index contributed by atoms with van der Waals surface area (Å²) in [5.41, 5.74) is 0.481. The van der Waals surface area contributed by atoms with Crippen molar-refractivity contribution in [3.05, 3.63) is 48.0 Å². The number of methoxy groups -OCH3 is 2. The fourth-order valence-corrected chi connectivity index (χ4v) is 2.87. The molecule has 1 N–H and O–H groups in total. The first kappa shape index (κ1) is 14.3. The van der Waals surface area contributed by atoms with Crippen LogP contribution < -0.4 is 14.8 Å². The third kappa shape index (κ3) is 2.60. The van der Waals surface area contributed by atoms with Gasteiger partial charge in [-0.2, -0.15) is 4.37 Å². The standard InChI is InChI=1S/C16H14N2O3S/c1-20-12-8-7-10(9-13(12)21-2)16(19)17-15-11-5-3-4-6-14(11)22-18-15/h3-9H,1-2H3,(H,17,18,19). The summed E-state index contributed by atoms with van der Waals surface area (Å²) in [6.45, 7) is 0. The Morgan fingerprint density at radius 1 is 1.09 bits per heavy atom. The van der Waals surface area contributed by atoms with Crippen LogP contribution in [0.5, 0.6) is 11.5 Å². The van der Waals surface area contributed by atoms with E-state index in [1.807, 2.05) is 24.3 Å². The second-order valence-corrected chi connectivity index (χ2v) is 5.36. The van der Waals surface area contributed by atoms with E-state index in [4.69, 9.17) is 9.47 Å². The number of fused-ring (bicyclic) bond motifs is 1. The highest BCUT2D eigenvalue weighted by molar-refractivity contribution is 7.13. The lowest BCUT2D eigenvalue weighted by Gasteiger charge is -2.09. The zero-order valence-corrected chi connectivity index (χ0v) is 12.9. The lowest BCUT2D eigenvalue weighted by Crippen LogP contribution is -2.12. The predicted octanol–water partition coefficient (Wildman–Crippen LogP) is 3.57. The average Bonchev–Trinajstić information content (AvgIpc) is 2.97. The van der Waals surface area contributed by atoms with Crippen LogP contribution >= 0.6 is 11.5 Å². The van der Waals surface area contributed by atoms with E-state index in [1.165, 1.54) is 18.6 Å². The van der Waals surface area contributed by atoms with E-state index in [-0.39, 0.29) is 5.91 Å². The lowest BCUT2D eigenvalue weighted by molar-refractivity contribution is 0.102. The molecule has 0 fully saturated rings. The summed E-state index contributed by atoms with van der Waals surface area (Å²) in [6.07, 6.45) is 0. The molecule has 0 unspecified atom stereocenters. The minimum absolute atomic E-state index is 0.239. The highest BCUT2D eigenvalue weighted by Crippen LogP contribution is 2.29. The molecule has 0 bridgehead atoms. The maximum atomic E-state index is 12.4. The van der Waals surface area contributed by atoms with Crippen LogP contribution in [0.15, 0.2) is 42.5 Å². The summed E-state index contributed by atoms with van der Waals surface area (Å²) in [7, 11) is 3.09. The third-order valence-corrected chi connectivity index (χ3v) is 4.08. The predicted molar refractivity (Wildman–Crippen MR) is 87.1 cm³/mol. The Morgan fingerprint density at radius 3 is 2.64 bits per heavy atom. The van der Waals surface area contributed by atoms with E-state index in [2.05, 4.69) is 9.69 Å². The molecule has 1 aromatic heterocycles. The number of rotatable bonds is 4. The summed E-state index contributed by atoms with van der Waals surface area (Å²) in [6, 6.07) is 12.8. The van der Waals surface area contributed by atoms with Crippen molar-refractivity contribution in [3.8, 4) is 11.5 Å². The van der Waals surface area contributed by atoms with Crippen molar-refractivity contribution in [2.24, 2.45) is 0 Å². The highest BCUT2D eigenvalue weighted by atomic mass is 32.1. The van der Waals surface area contributed by atoms with Gasteiger partial charge < -0.3 is 14.8 Å². The second kappa shape index (κ2) is 6.03. The zero-order valence-electron chi connectivity index (χ0n) is 12.1. The zero-order chi connectivity index (χ0) is 15.5. The Kier molecular flexibility index (Phi) is 3.93. The molecule has 2 aromatic carbocycles. The van der Waals surface area contributed by atoms with Crippen LogP contribution in [0, 0.1) is 0 Å². The highest BCUT2D eigenvalue weighted by Gasteiger charge is 2.13. The van der Waals surface area contributed by atoms with Gasteiger partial charge in [0.1, 0.15) is 0 Å². The number of carbonyl (C=O) groups is 1. The van der Waals surface area contributed by atoms with Crippen molar-refractivity contribution in [2.75, 3.05) is 19.5 Å². The van der Waals surface area contributed by atoms with Crippen LogP contribution in [0.25, 0.3) is 10.1 Å². The van der Waals surface area contributed by atoms with Gasteiger partial charge >= 0.3 is 0 Å². The molecule has 0 spiro atoms. The van der Waals surface area contributed by atoms with Gasteiger partial charge in [-0.15, -0.1) is 0 Å². The average molecular weight is 314 g/mol. The van der Waals surface area contributed by atoms with E-state index in [9.17, 15) is 4.79 Å². The molecule has 0 atom stereocenters. The molecule has 0 aliphatic carbocycles. The summed E-state index contributed by atoms with van der Waals surface area (Å²) < 4.78 is 15.7. The van der Waals surface area contributed by atoms with E-state index < -0.39 is 0 Å². The first-order valence-corrected chi connectivity index (χ1v) is 7.38. The molecule has 0 aliphatic rings.